The van der Waals surface area contributed by atoms with Crippen LogP contribution in [0.3, 0.4) is 0 Å². The fourth-order valence-electron chi connectivity index (χ4n) is 3.77. The van der Waals surface area contributed by atoms with Crippen molar-refractivity contribution in [1.29, 1.82) is 0 Å². The van der Waals surface area contributed by atoms with E-state index in [2.05, 4.69) is 15.9 Å². The molecule has 1 amide bonds. The van der Waals surface area contributed by atoms with E-state index in [1.807, 2.05) is 6.07 Å². The number of furan rings is 1. The van der Waals surface area contributed by atoms with Crippen LogP contribution in [0.1, 0.15) is 28.1 Å². The Morgan fingerprint density at radius 3 is 2.58 bits per heavy atom. The number of anilines is 1. The Balaban J connectivity index is 1.70. The highest BCUT2D eigenvalue weighted by molar-refractivity contribution is 9.10. The van der Waals surface area contributed by atoms with Crippen molar-refractivity contribution in [2.75, 3.05) is 19.1 Å². The first kappa shape index (κ1) is 21.1. The third-order valence-electron chi connectivity index (χ3n) is 5.29. The van der Waals surface area contributed by atoms with Gasteiger partial charge in [-0.05, 0) is 48.0 Å². The quantitative estimate of drug-likeness (QED) is 0.507. The van der Waals surface area contributed by atoms with E-state index in [0.717, 1.165) is 5.56 Å². The summed E-state index contributed by atoms with van der Waals surface area (Å²) in [5, 5.41) is 11.4. The number of carbonyl (C=O) groups excluding carboxylic acids is 2. The van der Waals surface area contributed by atoms with E-state index in [1.54, 1.807) is 43.5 Å². The van der Waals surface area contributed by atoms with E-state index < -0.39 is 23.7 Å². The van der Waals surface area contributed by atoms with Gasteiger partial charge in [0.25, 0.3) is 5.91 Å². The highest BCUT2D eigenvalue weighted by Gasteiger charge is 2.51. The summed E-state index contributed by atoms with van der Waals surface area (Å²) in [5.74, 6) is 0.168. The van der Waals surface area contributed by atoms with Crippen LogP contribution in [0, 0.1) is 0 Å². The highest BCUT2D eigenvalue weighted by atomic mass is 79.9. The van der Waals surface area contributed by atoms with Crippen LogP contribution in [0.4, 0.5) is 5.69 Å². The third kappa shape index (κ3) is 3.73. The van der Waals surface area contributed by atoms with Crippen molar-refractivity contribution < 1.29 is 28.6 Å². The van der Waals surface area contributed by atoms with Crippen LogP contribution in [0.25, 0.3) is 0 Å². The van der Waals surface area contributed by atoms with Gasteiger partial charge in [-0.2, -0.15) is 0 Å². The Labute approximate surface area is 187 Å². The summed E-state index contributed by atoms with van der Waals surface area (Å²) in [6.45, 7) is 0.186. The second kappa shape index (κ2) is 8.20. The maximum Gasteiger partial charge on any atom is 0.264 e. The zero-order valence-corrected chi connectivity index (χ0v) is 18.5. The molecular formula is C23H20BrNO6. The van der Waals surface area contributed by atoms with Crippen molar-refractivity contribution in [2.24, 2.45) is 0 Å². The maximum atomic E-state index is 13.4. The van der Waals surface area contributed by atoms with Gasteiger partial charge in [-0.25, -0.2) is 0 Å². The van der Waals surface area contributed by atoms with Gasteiger partial charge in [-0.1, -0.05) is 22.0 Å². The Morgan fingerprint density at radius 2 is 1.90 bits per heavy atom. The summed E-state index contributed by atoms with van der Waals surface area (Å²) < 4.78 is 16.5. The molecule has 1 N–H and O–H groups in total. The van der Waals surface area contributed by atoms with Crippen molar-refractivity contribution >= 4 is 33.3 Å². The Hall–Kier alpha value is -3.10. The molecule has 1 atom stereocenters. The van der Waals surface area contributed by atoms with E-state index in [-0.39, 0.29) is 12.3 Å². The number of methoxy groups -OCH3 is 2. The number of hydrogen-bond acceptors (Lipinski definition) is 6. The van der Waals surface area contributed by atoms with Crippen molar-refractivity contribution in [1.82, 2.24) is 0 Å². The van der Waals surface area contributed by atoms with E-state index in [0.29, 0.717) is 27.2 Å². The van der Waals surface area contributed by atoms with Crippen molar-refractivity contribution in [3.05, 3.63) is 76.2 Å². The first-order valence-electron chi connectivity index (χ1n) is 9.49. The van der Waals surface area contributed by atoms with E-state index >= 15 is 0 Å². The van der Waals surface area contributed by atoms with Gasteiger partial charge in [0.2, 0.25) is 5.78 Å². The van der Waals surface area contributed by atoms with Crippen LogP contribution < -0.4 is 14.4 Å². The van der Waals surface area contributed by atoms with Crippen LogP contribution in [0.2, 0.25) is 0 Å². The average molecular weight is 486 g/mol. The molecular weight excluding hydrogens is 466 g/mol. The van der Waals surface area contributed by atoms with Gasteiger partial charge in [0.15, 0.2) is 22.9 Å². The summed E-state index contributed by atoms with van der Waals surface area (Å²) in [7, 11) is 3.08. The normalized spacial score (nSPS) is 17.5. The van der Waals surface area contributed by atoms with Crippen LogP contribution in [-0.4, -0.2) is 31.0 Å². The molecule has 0 aliphatic carbocycles. The minimum atomic E-state index is -2.00. The number of aliphatic hydroxyl groups is 1. The van der Waals surface area contributed by atoms with Crippen LogP contribution in [0.15, 0.2) is 63.7 Å². The molecule has 0 unspecified atom stereocenters. The van der Waals surface area contributed by atoms with E-state index in [1.165, 1.54) is 24.3 Å². The Morgan fingerprint density at radius 1 is 1.13 bits per heavy atom. The topological polar surface area (TPSA) is 89.2 Å². The first-order chi connectivity index (χ1) is 14.9. The lowest BCUT2D eigenvalue weighted by Crippen LogP contribution is -2.41. The largest absolute Gasteiger partial charge is 0.493 e. The molecule has 0 saturated carbocycles. The van der Waals surface area contributed by atoms with Gasteiger partial charge in [0.05, 0.1) is 39.1 Å². The lowest BCUT2D eigenvalue weighted by molar-refractivity contribution is -0.136. The summed E-state index contributed by atoms with van der Waals surface area (Å²) in [6, 6.07) is 13.6. The second-order valence-corrected chi connectivity index (χ2v) is 8.10. The number of fused-ring (bicyclic) bond motifs is 1. The predicted octanol–water partition coefficient (Wildman–Crippen LogP) is 4.07. The number of ketones is 1. The van der Waals surface area contributed by atoms with Gasteiger partial charge in [-0.15, -0.1) is 0 Å². The number of Topliss-reactive ketones (excluding diaryl/α,β-unsaturated/α-hetero) is 1. The molecule has 0 radical (unpaired) electrons. The predicted molar refractivity (Wildman–Crippen MR) is 116 cm³/mol. The molecule has 0 saturated heterocycles. The fourth-order valence-corrected chi connectivity index (χ4v) is 4.13. The minimum Gasteiger partial charge on any atom is -0.493 e. The van der Waals surface area contributed by atoms with Crippen LogP contribution >= 0.6 is 15.9 Å². The highest BCUT2D eigenvalue weighted by Crippen LogP contribution is 2.45. The van der Waals surface area contributed by atoms with E-state index in [9.17, 15) is 14.7 Å². The lowest BCUT2D eigenvalue weighted by Gasteiger charge is -2.22. The lowest BCUT2D eigenvalue weighted by atomic mass is 9.89. The number of halogens is 1. The van der Waals surface area contributed by atoms with Gasteiger partial charge < -0.3 is 23.9 Å². The maximum absolute atomic E-state index is 13.4. The summed E-state index contributed by atoms with van der Waals surface area (Å²) in [6.07, 6.45) is 0.951. The van der Waals surface area contributed by atoms with Gasteiger partial charge in [-0.3, -0.25) is 9.59 Å². The van der Waals surface area contributed by atoms with Crippen molar-refractivity contribution in [3.63, 3.8) is 0 Å². The summed E-state index contributed by atoms with van der Waals surface area (Å²) in [5.41, 5.74) is -0.314. The molecule has 2 aromatic carbocycles. The van der Waals surface area contributed by atoms with Crippen molar-refractivity contribution in [3.8, 4) is 11.5 Å². The monoisotopic (exact) mass is 485 g/mol. The third-order valence-corrected chi connectivity index (χ3v) is 5.79. The molecule has 2 heterocycles. The van der Waals surface area contributed by atoms with Gasteiger partial charge in [0.1, 0.15) is 0 Å². The molecule has 1 aromatic heterocycles. The van der Waals surface area contributed by atoms with Crippen LogP contribution in [0.5, 0.6) is 11.5 Å². The number of benzene rings is 2. The fraction of sp³-hybridized carbons (Fsp3) is 0.217. The standard InChI is InChI=1S/C23H20BrNO6/c1-29-20-8-5-14(10-21(20)30-2)13-25-17-7-6-15(24)11-16(17)23(28,22(25)27)12-18(26)19-4-3-9-31-19/h3-11,28H,12-13H2,1-2H3/t23-/m1/s1. The van der Waals surface area contributed by atoms with Crippen molar-refractivity contribution in [2.45, 2.75) is 18.6 Å². The summed E-state index contributed by atoms with van der Waals surface area (Å²) >= 11 is 3.39. The number of rotatable bonds is 7. The van der Waals surface area contributed by atoms with Gasteiger partial charge >= 0.3 is 0 Å². The summed E-state index contributed by atoms with van der Waals surface area (Å²) in [4.78, 5) is 27.5. The molecule has 160 valence electrons. The molecule has 8 heteroatoms. The number of carbonyl (C=O) groups is 2. The zero-order chi connectivity index (χ0) is 22.2. The minimum absolute atomic E-state index is 0.0936. The van der Waals surface area contributed by atoms with Gasteiger partial charge in [0, 0.05) is 10.0 Å². The second-order valence-electron chi connectivity index (χ2n) is 7.18. The number of hydrogen-bond donors (Lipinski definition) is 1. The molecule has 1 aliphatic heterocycles. The Bertz CT molecular complexity index is 1140. The molecule has 4 rings (SSSR count). The average Bonchev–Trinajstić information content (AvgIpc) is 3.37. The SMILES string of the molecule is COc1ccc(CN2C(=O)[C@@](O)(CC(=O)c3ccco3)c3cc(Br)ccc32)cc1OC. The molecule has 7 nitrogen and oxygen atoms in total. The number of amides is 1. The number of ether oxygens (including phenoxy) is 2. The van der Waals surface area contributed by atoms with E-state index in [4.69, 9.17) is 13.9 Å². The van der Waals surface area contributed by atoms with Crippen LogP contribution in [-0.2, 0) is 16.9 Å². The molecule has 0 spiro atoms. The first-order valence-corrected chi connectivity index (χ1v) is 10.3. The molecule has 1 aliphatic rings. The molecule has 0 fully saturated rings. The zero-order valence-electron chi connectivity index (χ0n) is 16.9. The molecule has 3 aromatic rings. The molecule has 31 heavy (non-hydrogen) atoms. The number of nitrogens with zero attached hydrogens (tertiary/aromatic N) is 1. The Kier molecular flexibility index (Phi) is 5.60. The molecule has 0 bridgehead atoms. The smallest absolute Gasteiger partial charge is 0.264 e.